The molecule has 0 bridgehead atoms. The molecule has 164 valence electrons. The summed E-state index contributed by atoms with van der Waals surface area (Å²) in [6.45, 7) is 6.59. The van der Waals surface area contributed by atoms with Crippen molar-refractivity contribution in [3.63, 3.8) is 0 Å². The highest BCUT2D eigenvalue weighted by Gasteiger charge is 2.30. The van der Waals surface area contributed by atoms with E-state index in [1.165, 1.54) is 17.8 Å². The van der Waals surface area contributed by atoms with E-state index in [9.17, 15) is 14.3 Å². The summed E-state index contributed by atoms with van der Waals surface area (Å²) in [5, 5.41) is 14.5. The Labute approximate surface area is 180 Å². The number of thioether (sulfide) groups is 1. The normalized spacial score (nSPS) is 16.5. The zero-order valence-corrected chi connectivity index (χ0v) is 18.5. The third kappa shape index (κ3) is 5.72. The molecule has 1 N–H and O–H groups in total. The van der Waals surface area contributed by atoms with Gasteiger partial charge in [-0.3, -0.25) is 0 Å². The first-order valence-electron chi connectivity index (χ1n) is 9.99. The smallest absolute Gasteiger partial charge is 0.410 e. The molecule has 1 aromatic carbocycles. The quantitative estimate of drug-likeness (QED) is 0.703. The number of likely N-dealkylation sites (tertiary alicyclic amines) is 1. The molecule has 2 aromatic rings. The molecular formula is C21H28FN3O4S. The number of hydrogen-bond acceptors (Lipinski definition) is 7. The van der Waals surface area contributed by atoms with Crippen molar-refractivity contribution in [1.29, 1.82) is 0 Å². The van der Waals surface area contributed by atoms with E-state index in [-0.39, 0.29) is 24.2 Å². The first-order valence-corrected chi connectivity index (χ1v) is 11.2. The minimum atomic E-state index is -0.658. The number of carbonyl (C=O) groups excluding carboxylic acids is 1. The van der Waals surface area contributed by atoms with Crippen molar-refractivity contribution in [2.24, 2.45) is 5.92 Å². The number of ether oxygens (including phenoxy) is 1. The second kappa shape index (κ2) is 9.34. The second-order valence-electron chi connectivity index (χ2n) is 8.44. The number of hydrogen-bond donors (Lipinski definition) is 1. The number of aromatic nitrogens is 2. The van der Waals surface area contributed by atoms with Crippen molar-refractivity contribution >= 4 is 17.9 Å². The lowest BCUT2D eigenvalue weighted by Crippen LogP contribution is -2.43. The van der Waals surface area contributed by atoms with Gasteiger partial charge in [-0.05, 0) is 64.0 Å². The van der Waals surface area contributed by atoms with Crippen LogP contribution in [-0.4, -0.2) is 57.3 Å². The topological polar surface area (TPSA) is 88.7 Å². The Bertz CT molecular complexity index is 875. The molecule has 30 heavy (non-hydrogen) atoms. The van der Waals surface area contributed by atoms with Crippen molar-refractivity contribution in [3.05, 3.63) is 29.9 Å². The molecule has 1 aliphatic rings. The van der Waals surface area contributed by atoms with E-state index in [4.69, 9.17) is 9.26 Å². The summed E-state index contributed by atoms with van der Waals surface area (Å²) in [6.07, 6.45) is 2.39. The Kier molecular flexibility index (Phi) is 7.02. The monoisotopic (exact) mass is 437 g/mol. The molecule has 1 aromatic heterocycles. The number of halogens is 1. The van der Waals surface area contributed by atoms with Gasteiger partial charge in [-0.25, -0.2) is 9.18 Å². The molecule has 1 fully saturated rings. The van der Waals surface area contributed by atoms with Crippen molar-refractivity contribution in [3.8, 4) is 11.4 Å². The summed E-state index contributed by atoms with van der Waals surface area (Å²) < 4.78 is 24.6. The summed E-state index contributed by atoms with van der Waals surface area (Å²) in [7, 11) is 0. The van der Waals surface area contributed by atoms with E-state index in [1.54, 1.807) is 17.0 Å². The van der Waals surface area contributed by atoms with Crippen LogP contribution in [0.3, 0.4) is 0 Å². The van der Waals surface area contributed by atoms with Crippen molar-refractivity contribution in [2.45, 2.75) is 56.6 Å². The highest BCUT2D eigenvalue weighted by molar-refractivity contribution is 7.98. The van der Waals surface area contributed by atoms with Gasteiger partial charge in [0.1, 0.15) is 11.4 Å². The molecule has 7 nitrogen and oxygen atoms in total. The number of carbonyl (C=O) groups is 1. The summed E-state index contributed by atoms with van der Waals surface area (Å²) >= 11 is 1.33. The first-order chi connectivity index (χ1) is 14.2. The third-order valence-corrected chi connectivity index (χ3v) is 5.77. The van der Waals surface area contributed by atoms with Crippen molar-refractivity contribution < 1.29 is 23.6 Å². The molecule has 0 saturated carbocycles. The summed E-state index contributed by atoms with van der Waals surface area (Å²) in [5.74, 6) is 0.297. The molecule has 1 saturated heterocycles. The molecule has 1 amide bonds. The molecular weight excluding hydrogens is 409 g/mol. The Morgan fingerprint density at radius 1 is 1.40 bits per heavy atom. The Morgan fingerprint density at radius 3 is 2.70 bits per heavy atom. The second-order valence-corrected chi connectivity index (χ2v) is 9.29. The van der Waals surface area contributed by atoms with Crippen LogP contribution >= 0.6 is 11.8 Å². The first kappa shape index (κ1) is 22.6. The third-order valence-electron chi connectivity index (χ3n) is 5.00. The van der Waals surface area contributed by atoms with Crippen LogP contribution in [0, 0.1) is 11.7 Å². The zero-order valence-electron chi connectivity index (χ0n) is 17.7. The predicted molar refractivity (Wildman–Crippen MR) is 112 cm³/mol. The van der Waals surface area contributed by atoms with E-state index >= 15 is 0 Å². The van der Waals surface area contributed by atoms with Gasteiger partial charge < -0.3 is 19.3 Å². The minimum Gasteiger partial charge on any atom is -0.444 e. The summed E-state index contributed by atoms with van der Waals surface area (Å²) in [4.78, 5) is 18.7. The van der Waals surface area contributed by atoms with Gasteiger partial charge in [0.15, 0.2) is 0 Å². The fourth-order valence-electron chi connectivity index (χ4n) is 3.40. The lowest BCUT2D eigenvalue weighted by molar-refractivity contribution is 0.00709. The lowest BCUT2D eigenvalue weighted by atomic mass is 9.90. The maximum atomic E-state index is 14.0. The van der Waals surface area contributed by atoms with E-state index in [0.29, 0.717) is 48.1 Å². The Hall–Kier alpha value is -2.13. The molecule has 0 aliphatic carbocycles. The number of aliphatic hydroxyl groups is 1. The molecule has 3 rings (SSSR count). The fourth-order valence-corrected chi connectivity index (χ4v) is 3.86. The van der Waals surface area contributed by atoms with Gasteiger partial charge in [-0.2, -0.15) is 4.98 Å². The van der Waals surface area contributed by atoms with Crippen LogP contribution in [0.25, 0.3) is 11.4 Å². The maximum Gasteiger partial charge on any atom is 0.410 e. The summed E-state index contributed by atoms with van der Waals surface area (Å²) in [5.41, 5.74) is 0.00213. The number of rotatable bonds is 5. The van der Waals surface area contributed by atoms with Gasteiger partial charge in [-0.15, -0.1) is 11.8 Å². The number of nitrogens with zero attached hydrogens (tertiary/aromatic N) is 3. The van der Waals surface area contributed by atoms with Gasteiger partial charge in [0.05, 0.1) is 12.5 Å². The molecule has 1 aliphatic heterocycles. The number of benzene rings is 1. The van der Waals surface area contributed by atoms with Gasteiger partial charge in [0, 0.05) is 23.5 Å². The Balaban J connectivity index is 1.54. The molecule has 1 unspecified atom stereocenters. The van der Waals surface area contributed by atoms with E-state index in [2.05, 4.69) is 10.1 Å². The zero-order chi connectivity index (χ0) is 21.9. The van der Waals surface area contributed by atoms with E-state index in [1.807, 2.05) is 27.0 Å². The Morgan fingerprint density at radius 2 is 2.10 bits per heavy atom. The van der Waals surface area contributed by atoms with E-state index < -0.39 is 11.7 Å². The molecule has 9 heteroatoms. The van der Waals surface area contributed by atoms with Gasteiger partial charge >= 0.3 is 6.09 Å². The summed E-state index contributed by atoms with van der Waals surface area (Å²) in [6, 6.07) is 4.80. The van der Waals surface area contributed by atoms with E-state index in [0.717, 1.165) is 0 Å². The van der Waals surface area contributed by atoms with Crippen LogP contribution in [0.5, 0.6) is 0 Å². The van der Waals surface area contributed by atoms with Crippen LogP contribution in [-0.2, 0) is 11.2 Å². The number of amides is 1. The molecule has 1 atom stereocenters. The molecule has 0 radical (unpaired) electrons. The van der Waals surface area contributed by atoms with Crippen LogP contribution in [0.1, 0.15) is 39.5 Å². The highest BCUT2D eigenvalue weighted by Crippen LogP contribution is 2.27. The number of aliphatic hydroxyl groups excluding tert-OH is 1. The SMILES string of the molecule is CSc1ccc(-c2noc(CC(O)C3CCN(C(=O)OC(C)(C)C)CC3)n2)cc1F. The molecule has 2 heterocycles. The van der Waals surface area contributed by atoms with Gasteiger partial charge in [0.25, 0.3) is 0 Å². The van der Waals surface area contributed by atoms with Gasteiger partial charge in [0.2, 0.25) is 11.7 Å². The standard InChI is InChI=1S/C21H28FN3O4S/c1-21(2,3)28-20(27)25-9-7-13(8-10-25)16(26)12-18-23-19(24-29-18)14-5-6-17(30-4)15(22)11-14/h5-6,11,13,16,26H,7-10,12H2,1-4H3. The van der Waals surface area contributed by atoms with Crippen LogP contribution in [0.2, 0.25) is 0 Å². The van der Waals surface area contributed by atoms with Gasteiger partial charge in [-0.1, -0.05) is 5.16 Å². The lowest BCUT2D eigenvalue weighted by Gasteiger charge is -2.34. The van der Waals surface area contributed by atoms with Crippen LogP contribution in [0.15, 0.2) is 27.6 Å². The fraction of sp³-hybridized carbons (Fsp3) is 0.571. The minimum absolute atomic E-state index is 0.0253. The number of piperidine rings is 1. The average molecular weight is 438 g/mol. The average Bonchev–Trinajstić information content (AvgIpc) is 3.15. The van der Waals surface area contributed by atoms with Crippen LogP contribution < -0.4 is 0 Å². The van der Waals surface area contributed by atoms with Crippen LogP contribution in [0.4, 0.5) is 9.18 Å². The maximum absolute atomic E-state index is 14.0. The van der Waals surface area contributed by atoms with Crippen molar-refractivity contribution in [2.75, 3.05) is 19.3 Å². The molecule has 0 spiro atoms. The largest absolute Gasteiger partial charge is 0.444 e. The predicted octanol–water partition coefficient (Wildman–Crippen LogP) is 4.15. The highest BCUT2D eigenvalue weighted by atomic mass is 32.2. The van der Waals surface area contributed by atoms with Crippen molar-refractivity contribution in [1.82, 2.24) is 15.0 Å².